The number of hydrogen-bond donors (Lipinski definition) is 7. The Bertz CT molecular complexity index is 1880. The number of benzene rings is 4. The molecule has 4 aromatic carbocycles. The minimum Gasteiger partial charge on any atom is -0.370 e. The van der Waals surface area contributed by atoms with E-state index in [4.69, 9.17) is 11.5 Å². The Labute approximate surface area is 295 Å². The summed E-state index contributed by atoms with van der Waals surface area (Å²) in [7, 11) is 0. The number of amides is 5. The second-order valence-electron chi connectivity index (χ2n) is 12.3. The van der Waals surface area contributed by atoms with Crippen LogP contribution in [0, 0.1) is 0 Å². The van der Waals surface area contributed by atoms with Crippen LogP contribution >= 0.6 is 0 Å². The fourth-order valence-electron chi connectivity index (χ4n) is 5.90. The van der Waals surface area contributed by atoms with Gasteiger partial charge in [-0.1, -0.05) is 84.9 Å². The molecule has 0 radical (unpaired) electrons. The smallest absolute Gasteiger partial charge is 0.251 e. The van der Waals surface area contributed by atoms with Gasteiger partial charge in [-0.3, -0.25) is 29.0 Å². The predicted octanol–water partition coefficient (Wildman–Crippen LogP) is 2.12. The second kappa shape index (κ2) is 17.4. The van der Waals surface area contributed by atoms with Gasteiger partial charge in [0.25, 0.3) is 5.91 Å². The number of nitrogens with two attached hydrogens (primary N) is 2. The first kappa shape index (κ1) is 36.1. The lowest BCUT2D eigenvalue weighted by Crippen LogP contribution is -2.60. The number of nitrogens with one attached hydrogen (secondary N) is 5. The van der Waals surface area contributed by atoms with Crippen molar-refractivity contribution in [2.24, 2.45) is 16.5 Å². The van der Waals surface area contributed by atoms with Crippen LogP contribution in [0.1, 0.15) is 41.6 Å². The van der Waals surface area contributed by atoms with Crippen molar-refractivity contribution < 1.29 is 24.0 Å². The number of rotatable bonds is 10. The quantitative estimate of drug-likeness (QED) is 0.0748. The number of hydrogen-bond acceptors (Lipinski definition) is 6. The van der Waals surface area contributed by atoms with Gasteiger partial charge in [0.1, 0.15) is 24.2 Å². The lowest BCUT2D eigenvalue weighted by Gasteiger charge is -2.29. The summed E-state index contributed by atoms with van der Waals surface area (Å²) < 4.78 is 0. The molecule has 13 nitrogen and oxygen atoms in total. The van der Waals surface area contributed by atoms with Gasteiger partial charge in [-0.25, -0.2) is 0 Å². The van der Waals surface area contributed by atoms with E-state index in [9.17, 15) is 24.0 Å². The number of nitrogens with zero attached hydrogens (tertiary/aromatic N) is 1. The fraction of sp³-hybridized carbons (Fsp3) is 0.263. The van der Waals surface area contributed by atoms with E-state index in [2.05, 4.69) is 31.6 Å². The Morgan fingerprint density at radius 2 is 1.37 bits per heavy atom. The van der Waals surface area contributed by atoms with Crippen molar-refractivity contribution in [3.63, 3.8) is 0 Å². The third-order valence-electron chi connectivity index (χ3n) is 8.58. The molecule has 1 fully saturated rings. The van der Waals surface area contributed by atoms with Crippen LogP contribution in [0.3, 0.4) is 0 Å². The molecule has 264 valence electrons. The van der Waals surface area contributed by atoms with Gasteiger partial charge in [0.05, 0.1) is 0 Å². The summed E-state index contributed by atoms with van der Waals surface area (Å²) in [4.78, 5) is 72.9. The number of carbonyl (C=O) groups excluding carboxylic acids is 5. The Kier molecular flexibility index (Phi) is 12.3. The van der Waals surface area contributed by atoms with Crippen molar-refractivity contribution >= 4 is 52.0 Å². The normalized spacial score (nSPS) is 19.6. The zero-order valence-corrected chi connectivity index (χ0v) is 28.0. The van der Waals surface area contributed by atoms with Gasteiger partial charge in [0, 0.05) is 29.6 Å². The third kappa shape index (κ3) is 10.1. The van der Waals surface area contributed by atoms with Crippen molar-refractivity contribution in [3.05, 3.63) is 114 Å². The molecule has 4 aromatic rings. The van der Waals surface area contributed by atoms with E-state index in [1.165, 1.54) is 0 Å². The van der Waals surface area contributed by atoms with Gasteiger partial charge in [0.15, 0.2) is 5.96 Å². The third-order valence-corrected chi connectivity index (χ3v) is 8.58. The molecule has 0 aliphatic carbocycles. The number of anilines is 1. The first-order valence-electron chi connectivity index (χ1n) is 16.8. The van der Waals surface area contributed by atoms with Crippen LogP contribution < -0.4 is 38.1 Å². The lowest BCUT2D eigenvalue weighted by molar-refractivity contribution is -0.134. The highest BCUT2D eigenvalue weighted by Crippen LogP contribution is 2.23. The van der Waals surface area contributed by atoms with Crippen molar-refractivity contribution in [1.29, 1.82) is 0 Å². The van der Waals surface area contributed by atoms with Crippen LogP contribution in [0.2, 0.25) is 0 Å². The molecule has 0 aromatic heterocycles. The van der Waals surface area contributed by atoms with Gasteiger partial charge in [0.2, 0.25) is 23.6 Å². The van der Waals surface area contributed by atoms with E-state index in [-0.39, 0.29) is 38.2 Å². The van der Waals surface area contributed by atoms with Crippen LogP contribution in [-0.4, -0.2) is 66.2 Å². The number of guanidine groups is 1. The predicted molar refractivity (Wildman–Crippen MR) is 195 cm³/mol. The molecule has 4 atom stereocenters. The molecule has 5 rings (SSSR count). The molecule has 2 unspecified atom stereocenters. The summed E-state index contributed by atoms with van der Waals surface area (Å²) in [6.07, 6.45) is 0.553. The van der Waals surface area contributed by atoms with Gasteiger partial charge < -0.3 is 38.1 Å². The molecule has 0 saturated carbocycles. The molecule has 13 heteroatoms. The maximum atomic E-state index is 13.9. The van der Waals surface area contributed by atoms with E-state index in [0.717, 1.165) is 16.3 Å². The van der Waals surface area contributed by atoms with Crippen LogP contribution in [-0.2, 0) is 25.6 Å². The van der Waals surface area contributed by atoms with Crippen LogP contribution in [0.25, 0.3) is 10.8 Å². The van der Waals surface area contributed by atoms with E-state index >= 15 is 0 Å². The summed E-state index contributed by atoms with van der Waals surface area (Å²) in [5.41, 5.74) is 12.6. The Balaban J connectivity index is 1.46. The Morgan fingerprint density at radius 1 is 0.725 bits per heavy atom. The second-order valence-corrected chi connectivity index (χ2v) is 12.3. The molecule has 1 heterocycles. The molecular formula is C38H42N8O5. The molecule has 5 amide bonds. The number of fused-ring (bicyclic) bond motifs is 1. The summed E-state index contributed by atoms with van der Waals surface area (Å²) in [6.45, 7) is 0.208. The van der Waals surface area contributed by atoms with E-state index in [1.54, 1.807) is 36.4 Å². The first-order chi connectivity index (χ1) is 24.7. The van der Waals surface area contributed by atoms with Gasteiger partial charge in [-0.15, -0.1) is 0 Å². The number of aliphatic imine (C=N–C) groups is 1. The molecule has 1 saturated heterocycles. The Hall–Kier alpha value is -6.24. The van der Waals surface area contributed by atoms with Crippen LogP contribution in [0.4, 0.5) is 5.69 Å². The van der Waals surface area contributed by atoms with E-state index in [1.807, 2.05) is 66.7 Å². The van der Waals surface area contributed by atoms with Gasteiger partial charge >= 0.3 is 0 Å². The minimum atomic E-state index is -1.15. The van der Waals surface area contributed by atoms with Crippen molar-refractivity contribution in [2.45, 2.75) is 56.3 Å². The SMILES string of the molecule is NC(N)=NCCCC1NC(=O)[C@@H](Cc2ccccc2)NC(=O)C(NC(=O)c2ccccc2)CC[C@@H](C(=O)Nc2cccc3ccccc23)NC1=O. The summed E-state index contributed by atoms with van der Waals surface area (Å²) >= 11 is 0. The maximum Gasteiger partial charge on any atom is 0.251 e. The van der Waals surface area contributed by atoms with Crippen LogP contribution in [0.5, 0.6) is 0 Å². The van der Waals surface area contributed by atoms with Crippen molar-refractivity contribution in [2.75, 3.05) is 11.9 Å². The summed E-state index contributed by atoms with van der Waals surface area (Å²) in [6, 6.07) is 26.1. The summed E-state index contributed by atoms with van der Waals surface area (Å²) in [5.74, 6) is -2.96. The van der Waals surface area contributed by atoms with Crippen LogP contribution in [0.15, 0.2) is 108 Å². The van der Waals surface area contributed by atoms with E-state index in [0.29, 0.717) is 17.7 Å². The van der Waals surface area contributed by atoms with Gasteiger partial charge in [-0.2, -0.15) is 0 Å². The molecule has 0 bridgehead atoms. The molecular weight excluding hydrogens is 648 g/mol. The molecule has 0 spiro atoms. The minimum absolute atomic E-state index is 0.0203. The standard InChI is InChI=1S/C38H42N8O5/c39-38(40)41-22-10-19-29-34(48)45-31(35(49)42-28-18-9-16-25-13-7-8-17-27(25)28)21-20-30(43-33(47)26-14-5-2-6-15-26)36(50)46-32(37(51)44-29)23-24-11-3-1-4-12-24/h1-9,11-18,29-32H,10,19-23H2,(H,42,49)(H,43,47)(H,44,51)(H,45,48)(H,46,50)(H4,39,40,41)/t29?,30?,31-,32+/m0/s1. The van der Waals surface area contributed by atoms with Gasteiger partial charge in [-0.05, 0) is 54.8 Å². The number of carbonyl (C=O) groups is 5. The molecule has 9 N–H and O–H groups in total. The highest BCUT2D eigenvalue weighted by molar-refractivity contribution is 6.05. The lowest BCUT2D eigenvalue weighted by atomic mass is 9.99. The van der Waals surface area contributed by atoms with Crippen molar-refractivity contribution in [3.8, 4) is 0 Å². The topological polar surface area (TPSA) is 210 Å². The molecule has 51 heavy (non-hydrogen) atoms. The highest BCUT2D eigenvalue weighted by Gasteiger charge is 2.34. The molecule has 1 aliphatic heterocycles. The van der Waals surface area contributed by atoms with Crippen molar-refractivity contribution in [1.82, 2.24) is 21.3 Å². The zero-order valence-electron chi connectivity index (χ0n) is 28.0. The average Bonchev–Trinajstić information content (AvgIpc) is 3.13. The maximum absolute atomic E-state index is 13.9. The zero-order chi connectivity index (χ0) is 36.2. The summed E-state index contributed by atoms with van der Waals surface area (Å²) in [5, 5.41) is 15.8. The van der Waals surface area contributed by atoms with E-state index < -0.39 is 53.7 Å². The first-order valence-corrected chi connectivity index (χ1v) is 16.8. The monoisotopic (exact) mass is 690 g/mol. The largest absolute Gasteiger partial charge is 0.370 e. The average molecular weight is 691 g/mol. The fourth-order valence-corrected chi connectivity index (χ4v) is 5.90. The highest BCUT2D eigenvalue weighted by atomic mass is 16.2. The Morgan fingerprint density at radius 3 is 2.12 bits per heavy atom. The molecule has 1 aliphatic rings.